The van der Waals surface area contributed by atoms with Gasteiger partial charge in [-0.05, 0) is 31.3 Å². The van der Waals surface area contributed by atoms with Crippen LogP contribution in [0.25, 0.3) is 0 Å². The third-order valence-corrected chi connectivity index (χ3v) is 5.23. The third kappa shape index (κ3) is 2.27. The molecule has 1 aliphatic carbocycles. The molecule has 19 heavy (non-hydrogen) atoms. The van der Waals surface area contributed by atoms with Gasteiger partial charge in [0.1, 0.15) is 4.88 Å². The molecule has 104 valence electrons. The average Bonchev–Trinajstić information content (AvgIpc) is 2.86. The largest absolute Gasteiger partial charge is 0.330 e. The Morgan fingerprint density at radius 2 is 2.16 bits per heavy atom. The van der Waals surface area contributed by atoms with Crippen molar-refractivity contribution in [1.29, 1.82) is 0 Å². The van der Waals surface area contributed by atoms with Crippen molar-refractivity contribution in [2.24, 2.45) is 0 Å². The summed E-state index contributed by atoms with van der Waals surface area (Å²) in [7, 11) is 0. The number of nitrogens with zero attached hydrogens (tertiary/aromatic N) is 3. The number of piperazine rings is 1. The van der Waals surface area contributed by atoms with Gasteiger partial charge in [0.25, 0.3) is 5.91 Å². The minimum Gasteiger partial charge on any atom is -0.330 e. The van der Waals surface area contributed by atoms with E-state index in [1.807, 2.05) is 6.92 Å². The topological polar surface area (TPSA) is 58.1 Å². The first-order valence-electron chi connectivity index (χ1n) is 7.05. The predicted octanol–water partition coefficient (Wildman–Crippen LogP) is 1.59. The molecule has 0 bridgehead atoms. The summed E-state index contributed by atoms with van der Waals surface area (Å²) in [5, 5.41) is 7.44. The molecule has 1 saturated heterocycles. The second-order valence-electron chi connectivity index (χ2n) is 5.61. The number of nitrogens with one attached hydrogen (secondary N) is 1. The average molecular weight is 280 g/mol. The minimum absolute atomic E-state index is 0.0318. The molecule has 1 aromatic rings. The number of rotatable bonds is 1. The molecule has 0 unspecified atom stereocenters. The number of amides is 1. The van der Waals surface area contributed by atoms with Crippen LogP contribution in [0.15, 0.2) is 0 Å². The van der Waals surface area contributed by atoms with Crippen molar-refractivity contribution in [1.82, 2.24) is 19.8 Å². The van der Waals surface area contributed by atoms with Crippen molar-refractivity contribution >= 4 is 17.4 Å². The van der Waals surface area contributed by atoms with Crippen molar-refractivity contribution in [3.63, 3.8) is 0 Å². The van der Waals surface area contributed by atoms with E-state index in [0.29, 0.717) is 4.88 Å². The fourth-order valence-electron chi connectivity index (χ4n) is 3.37. The molecule has 5 nitrogen and oxygen atoms in total. The monoisotopic (exact) mass is 280 g/mol. The maximum Gasteiger partial charge on any atom is 0.268 e. The highest BCUT2D eigenvalue weighted by Crippen LogP contribution is 2.35. The number of hydrogen-bond donors (Lipinski definition) is 1. The van der Waals surface area contributed by atoms with Gasteiger partial charge in [-0.15, -0.1) is 5.10 Å². The molecule has 2 heterocycles. The zero-order valence-electron chi connectivity index (χ0n) is 11.3. The predicted molar refractivity (Wildman–Crippen MR) is 74.4 cm³/mol. The minimum atomic E-state index is 0.0318. The maximum atomic E-state index is 12.8. The number of hydrogen-bond acceptors (Lipinski definition) is 5. The zero-order valence-corrected chi connectivity index (χ0v) is 12.1. The molecule has 1 spiro atoms. The number of carbonyl (C=O) groups excluding carboxylic acids is 1. The zero-order chi connectivity index (χ0) is 13.3. The summed E-state index contributed by atoms with van der Waals surface area (Å²) in [6, 6.07) is 0. The van der Waals surface area contributed by atoms with Gasteiger partial charge in [0, 0.05) is 19.6 Å². The van der Waals surface area contributed by atoms with Crippen molar-refractivity contribution in [2.45, 2.75) is 44.6 Å². The summed E-state index contributed by atoms with van der Waals surface area (Å²) in [6.45, 7) is 4.49. The second kappa shape index (κ2) is 5.17. The molecule has 3 rings (SSSR count). The molecule has 6 heteroatoms. The van der Waals surface area contributed by atoms with Crippen LogP contribution >= 0.6 is 11.5 Å². The van der Waals surface area contributed by atoms with Crippen LogP contribution in [0.3, 0.4) is 0 Å². The second-order valence-corrected chi connectivity index (χ2v) is 6.36. The van der Waals surface area contributed by atoms with Crippen molar-refractivity contribution in [2.75, 3.05) is 19.6 Å². The van der Waals surface area contributed by atoms with E-state index in [1.165, 1.54) is 30.8 Å². The highest BCUT2D eigenvalue weighted by Gasteiger charge is 2.43. The quantitative estimate of drug-likeness (QED) is 0.849. The molecule has 0 radical (unpaired) electrons. The van der Waals surface area contributed by atoms with Crippen molar-refractivity contribution in [3.05, 3.63) is 10.6 Å². The van der Waals surface area contributed by atoms with E-state index in [2.05, 4.69) is 19.8 Å². The van der Waals surface area contributed by atoms with Crippen LogP contribution in [0.4, 0.5) is 0 Å². The molecule has 1 saturated carbocycles. The smallest absolute Gasteiger partial charge is 0.268 e. The van der Waals surface area contributed by atoms with Crippen LogP contribution in [0.1, 0.15) is 47.5 Å². The van der Waals surface area contributed by atoms with Gasteiger partial charge >= 0.3 is 0 Å². The summed E-state index contributed by atoms with van der Waals surface area (Å²) in [6.07, 6.45) is 6.00. The Bertz CT molecular complexity index is 459. The standard InChI is InChI=1S/C13H20N4OS/c1-10-11(19-16-15-10)12(18)17-8-7-14-9-13(17)5-3-2-4-6-13/h14H,2-9H2,1H3. The Morgan fingerprint density at radius 1 is 1.37 bits per heavy atom. The summed E-state index contributed by atoms with van der Waals surface area (Å²) in [5.74, 6) is 0.135. The summed E-state index contributed by atoms with van der Waals surface area (Å²) < 4.78 is 3.90. The van der Waals surface area contributed by atoms with Crippen LogP contribution in [0.2, 0.25) is 0 Å². The number of carbonyl (C=O) groups is 1. The lowest BCUT2D eigenvalue weighted by molar-refractivity contribution is 0.0226. The van der Waals surface area contributed by atoms with Crippen molar-refractivity contribution in [3.8, 4) is 0 Å². The number of aryl methyl sites for hydroxylation is 1. The lowest BCUT2D eigenvalue weighted by Crippen LogP contribution is -2.63. The summed E-state index contributed by atoms with van der Waals surface area (Å²) >= 11 is 1.23. The number of aromatic nitrogens is 2. The molecule has 1 N–H and O–H groups in total. The first kappa shape index (κ1) is 13.0. The maximum absolute atomic E-state index is 12.8. The Hall–Kier alpha value is -1.01. The van der Waals surface area contributed by atoms with E-state index in [4.69, 9.17) is 0 Å². The molecule has 2 aliphatic rings. The van der Waals surface area contributed by atoms with Crippen LogP contribution < -0.4 is 5.32 Å². The van der Waals surface area contributed by atoms with Gasteiger partial charge in [-0.1, -0.05) is 23.8 Å². The molecular formula is C13H20N4OS. The van der Waals surface area contributed by atoms with Crippen LogP contribution in [-0.4, -0.2) is 45.6 Å². The Morgan fingerprint density at radius 3 is 2.84 bits per heavy atom. The SMILES string of the molecule is Cc1nnsc1C(=O)N1CCNCC12CCCCC2. The highest BCUT2D eigenvalue weighted by atomic mass is 32.1. The van der Waals surface area contributed by atoms with Gasteiger partial charge in [-0.25, -0.2) is 0 Å². The van der Waals surface area contributed by atoms with Crippen LogP contribution in [0, 0.1) is 6.92 Å². The lowest BCUT2D eigenvalue weighted by atomic mass is 9.79. The van der Waals surface area contributed by atoms with E-state index in [0.717, 1.165) is 38.2 Å². The van der Waals surface area contributed by atoms with Gasteiger partial charge < -0.3 is 10.2 Å². The first-order chi connectivity index (χ1) is 9.23. The van der Waals surface area contributed by atoms with E-state index in [1.54, 1.807) is 0 Å². The molecule has 1 aromatic heterocycles. The lowest BCUT2D eigenvalue weighted by Gasteiger charge is -2.49. The van der Waals surface area contributed by atoms with Crippen LogP contribution in [0.5, 0.6) is 0 Å². The van der Waals surface area contributed by atoms with Gasteiger partial charge in [-0.2, -0.15) is 0 Å². The molecule has 2 fully saturated rings. The molecular weight excluding hydrogens is 260 g/mol. The Balaban J connectivity index is 1.88. The fourth-order valence-corrected chi connectivity index (χ4v) is 3.97. The molecule has 1 amide bonds. The fraction of sp³-hybridized carbons (Fsp3) is 0.769. The normalized spacial score (nSPS) is 22.7. The van der Waals surface area contributed by atoms with Gasteiger partial charge in [-0.3, -0.25) is 4.79 Å². The van der Waals surface area contributed by atoms with E-state index >= 15 is 0 Å². The van der Waals surface area contributed by atoms with Gasteiger partial charge in [0.05, 0.1) is 11.2 Å². The van der Waals surface area contributed by atoms with E-state index < -0.39 is 0 Å². The molecule has 0 atom stereocenters. The summed E-state index contributed by atoms with van der Waals surface area (Å²) in [5.41, 5.74) is 0.795. The Labute approximate surface area is 117 Å². The third-order valence-electron chi connectivity index (χ3n) is 4.41. The Kier molecular flexibility index (Phi) is 3.54. The molecule has 0 aromatic carbocycles. The van der Waals surface area contributed by atoms with Gasteiger partial charge in [0.2, 0.25) is 0 Å². The highest BCUT2D eigenvalue weighted by molar-refractivity contribution is 7.07. The van der Waals surface area contributed by atoms with E-state index in [9.17, 15) is 4.79 Å². The van der Waals surface area contributed by atoms with Crippen LogP contribution in [-0.2, 0) is 0 Å². The molecule has 1 aliphatic heterocycles. The van der Waals surface area contributed by atoms with Gasteiger partial charge in [0.15, 0.2) is 0 Å². The first-order valence-corrected chi connectivity index (χ1v) is 7.82. The van der Waals surface area contributed by atoms with Crippen molar-refractivity contribution < 1.29 is 4.79 Å². The van der Waals surface area contributed by atoms with E-state index in [-0.39, 0.29) is 11.4 Å². The summed E-state index contributed by atoms with van der Waals surface area (Å²) in [4.78, 5) is 15.6.